The molecular weight excluding hydrogens is 262 g/mol. The van der Waals surface area contributed by atoms with Crippen molar-refractivity contribution < 1.29 is 4.79 Å². The highest BCUT2D eigenvalue weighted by atomic mass is 16.2. The first-order chi connectivity index (χ1) is 10.1. The molecule has 1 fully saturated rings. The zero-order valence-electron chi connectivity index (χ0n) is 13.6. The molecule has 0 saturated carbocycles. The van der Waals surface area contributed by atoms with Crippen LogP contribution in [0.5, 0.6) is 0 Å². The Hall–Kier alpha value is -1.29. The molecule has 4 nitrogen and oxygen atoms in total. The molecule has 21 heavy (non-hydrogen) atoms. The number of carbonyl (C=O) groups is 1. The molecular formula is C17H29N3O. The van der Waals surface area contributed by atoms with Gasteiger partial charge in [-0.15, -0.1) is 0 Å². The zero-order chi connectivity index (χ0) is 15.2. The summed E-state index contributed by atoms with van der Waals surface area (Å²) in [5.74, 6) is 0.169. The molecule has 1 aliphatic heterocycles. The second-order valence-electron chi connectivity index (χ2n) is 6.29. The minimum Gasteiger partial charge on any atom is -0.341 e. The Morgan fingerprint density at radius 1 is 1.48 bits per heavy atom. The third-order valence-electron chi connectivity index (χ3n) is 4.19. The van der Waals surface area contributed by atoms with Gasteiger partial charge in [-0.25, -0.2) is 0 Å². The summed E-state index contributed by atoms with van der Waals surface area (Å²) in [6.45, 7) is 9.11. The van der Waals surface area contributed by atoms with Crippen LogP contribution in [0.4, 0.5) is 0 Å². The molecule has 2 heterocycles. The molecule has 1 unspecified atom stereocenters. The van der Waals surface area contributed by atoms with Gasteiger partial charge in [-0.2, -0.15) is 0 Å². The molecule has 1 aromatic rings. The first kappa shape index (κ1) is 16.1. The molecule has 1 atom stereocenters. The predicted octanol–water partition coefficient (Wildman–Crippen LogP) is 3.06. The quantitative estimate of drug-likeness (QED) is 0.874. The third-order valence-corrected chi connectivity index (χ3v) is 4.19. The van der Waals surface area contributed by atoms with Crippen LogP contribution in [0.15, 0.2) is 18.3 Å². The molecule has 4 heteroatoms. The van der Waals surface area contributed by atoms with Gasteiger partial charge < -0.3 is 14.8 Å². The fourth-order valence-electron chi connectivity index (χ4n) is 3.08. The van der Waals surface area contributed by atoms with Gasteiger partial charge in [0.05, 0.1) is 0 Å². The Kier molecular flexibility index (Phi) is 5.85. The maximum absolute atomic E-state index is 12.9. The number of nitrogens with zero attached hydrogens (tertiary/aromatic N) is 2. The summed E-state index contributed by atoms with van der Waals surface area (Å²) in [6.07, 6.45) is 6.71. The second-order valence-corrected chi connectivity index (χ2v) is 6.29. The monoisotopic (exact) mass is 291 g/mol. The van der Waals surface area contributed by atoms with Gasteiger partial charge >= 0.3 is 0 Å². The molecule has 1 saturated heterocycles. The number of hydrogen-bond donors (Lipinski definition) is 1. The molecule has 118 valence electrons. The number of nitrogens with one attached hydrogen (secondary N) is 1. The number of carbonyl (C=O) groups excluding carboxylic acids is 1. The largest absolute Gasteiger partial charge is 0.341 e. The Labute approximate surface area is 128 Å². The third kappa shape index (κ3) is 4.10. The molecule has 1 aliphatic rings. The van der Waals surface area contributed by atoms with Crippen molar-refractivity contribution >= 4 is 5.91 Å². The van der Waals surface area contributed by atoms with Crippen LogP contribution >= 0.6 is 0 Å². The van der Waals surface area contributed by atoms with Crippen LogP contribution in [0, 0.1) is 0 Å². The number of amides is 1. The summed E-state index contributed by atoms with van der Waals surface area (Å²) in [6, 6.07) is 4.68. The highest BCUT2D eigenvalue weighted by molar-refractivity contribution is 5.92. The molecule has 0 radical (unpaired) electrons. The standard InChI is InChI=1S/C17H29N3O/c1-4-11-19(13-15-8-5-6-10-18-15)17(21)16-9-7-12-20(16)14(2)3/h7,9,12,14-15,18H,4-6,8,10-11,13H2,1-3H3. The van der Waals surface area contributed by atoms with Crippen molar-refractivity contribution in [1.82, 2.24) is 14.8 Å². The van der Waals surface area contributed by atoms with E-state index >= 15 is 0 Å². The Bertz CT molecular complexity index is 447. The Morgan fingerprint density at radius 3 is 2.90 bits per heavy atom. The predicted molar refractivity (Wildman–Crippen MR) is 86.7 cm³/mol. The minimum atomic E-state index is 0.169. The number of aromatic nitrogens is 1. The summed E-state index contributed by atoms with van der Waals surface area (Å²) < 4.78 is 2.07. The summed E-state index contributed by atoms with van der Waals surface area (Å²) >= 11 is 0. The number of rotatable bonds is 6. The maximum atomic E-state index is 12.9. The Balaban J connectivity index is 2.08. The van der Waals surface area contributed by atoms with Gasteiger partial charge in [-0.05, 0) is 51.8 Å². The Morgan fingerprint density at radius 2 is 2.29 bits per heavy atom. The van der Waals surface area contributed by atoms with Gasteiger partial charge in [0.1, 0.15) is 5.69 Å². The van der Waals surface area contributed by atoms with Gasteiger partial charge in [0.25, 0.3) is 5.91 Å². The van der Waals surface area contributed by atoms with Gasteiger partial charge in [0.15, 0.2) is 0 Å². The average Bonchev–Trinajstić information content (AvgIpc) is 2.97. The van der Waals surface area contributed by atoms with E-state index in [0.717, 1.165) is 31.7 Å². The van der Waals surface area contributed by atoms with Crippen LogP contribution in [-0.4, -0.2) is 41.1 Å². The molecule has 0 spiro atoms. The fraction of sp³-hybridized carbons (Fsp3) is 0.706. The first-order valence-electron chi connectivity index (χ1n) is 8.33. The van der Waals surface area contributed by atoms with E-state index in [9.17, 15) is 4.79 Å². The lowest BCUT2D eigenvalue weighted by atomic mass is 10.0. The molecule has 0 aliphatic carbocycles. The van der Waals surface area contributed by atoms with Crippen molar-refractivity contribution in [2.75, 3.05) is 19.6 Å². The molecule has 0 aromatic carbocycles. The van der Waals surface area contributed by atoms with Crippen molar-refractivity contribution in [2.24, 2.45) is 0 Å². The maximum Gasteiger partial charge on any atom is 0.270 e. The van der Waals surface area contributed by atoms with E-state index in [1.807, 2.05) is 23.2 Å². The molecule has 1 aromatic heterocycles. The number of piperidine rings is 1. The van der Waals surface area contributed by atoms with Gasteiger partial charge in [-0.3, -0.25) is 4.79 Å². The van der Waals surface area contributed by atoms with E-state index < -0.39 is 0 Å². The van der Waals surface area contributed by atoms with Crippen LogP contribution in [0.1, 0.15) is 63.0 Å². The highest BCUT2D eigenvalue weighted by Crippen LogP contribution is 2.15. The van der Waals surface area contributed by atoms with Crippen molar-refractivity contribution in [2.45, 2.75) is 58.5 Å². The average molecular weight is 291 g/mol. The highest BCUT2D eigenvalue weighted by Gasteiger charge is 2.23. The van der Waals surface area contributed by atoms with Gasteiger partial charge in [0, 0.05) is 31.4 Å². The van der Waals surface area contributed by atoms with Gasteiger partial charge in [-0.1, -0.05) is 13.3 Å². The summed E-state index contributed by atoms with van der Waals surface area (Å²) in [5, 5.41) is 3.54. The van der Waals surface area contributed by atoms with Crippen molar-refractivity contribution in [3.05, 3.63) is 24.0 Å². The lowest BCUT2D eigenvalue weighted by Gasteiger charge is -2.31. The lowest BCUT2D eigenvalue weighted by Crippen LogP contribution is -2.46. The topological polar surface area (TPSA) is 37.3 Å². The molecule has 0 bridgehead atoms. The van der Waals surface area contributed by atoms with E-state index in [4.69, 9.17) is 0 Å². The summed E-state index contributed by atoms with van der Waals surface area (Å²) in [4.78, 5) is 14.9. The summed E-state index contributed by atoms with van der Waals surface area (Å²) in [5.41, 5.74) is 0.814. The lowest BCUT2D eigenvalue weighted by molar-refractivity contribution is 0.0719. The SMILES string of the molecule is CCCN(CC1CCCCN1)C(=O)c1cccn1C(C)C. The van der Waals surface area contributed by atoms with E-state index in [2.05, 4.69) is 30.7 Å². The number of hydrogen-bond acceptors (Lipinski definition) is 2. The van der Waals surface area contributed by atoms with Crippen molar-refractivity contribution in [1.29, 1.82) is 0 Å². The molecule has 2 rings (SSSR count). The zero-order valence-corrected chi connectivity index (χ0v) is 13.6. The molecule has 1 N–H and O–H groups in total. The normalized spacial score (nSPS) is 19.0. The van der Waals surface area contributed by atoms with E-state index in [-0.39, 0.29) is 5.91 Å². The smallest absolute Gasteiger partial charge is 0.270 e. The van der Waals surface area contributed by atoms with Gasteiger partial charge in [0.2, 0.25) is 0 Å². The van der Waals surface area contributed by atoms with E-state index in [1.165, 1.54) is 19.3 Å². The van der Waals surface area contributed by atoms with Crippen LogP contribution in [0.2, 0.25) is 0 Å². The second kappa shape index (κ2) is 7.64. The van der Waals surface area contributed by atoms with Crippen molar-refractivity contribution in [3.63, 3.8) is 0 Å². The van der Waals surface area contributed by atoms with Crippen LogP contribution < -0.4 is 5.32 Å². The van der Waals surface area contributed by atoms with Crippen molar-refractivity contribution in [3.8, 4) is 0 Å². The molecule has 1 amide bonds. The summed E-state index contributed by atoms with van der Waals surface area (Å²) in [7, 11) is 0. The van der Waals surface area contributed by atoms with Crippen LogP contribution in [0.3, 0.4) is 0 Å². The minimum absolute atomic E-state index is 0.169. The van der Waals surface area contributed by atoms with Crippen LogP contribution in [-0.2, 0) is 0 Å². The first-order valence-corrected chi connectivity index (χ1v) is 8.33. The van der Waals surface area contributed by atoms with E-state index in [1.54, 1.807) is 0 Å². The fourth-order valence-corrected chi connectivity index (χ4v) is 3.08. The van der Waals surface area contributed by atoms with E-state index in [0.29, 0.717) is 12.1 Å². The van der Waals surface area contributed by atoms with Crippen LogP contribution in [0.25, 0.3) is 0 Å².